The van der Waals surface area contributed by atoms with Crippen molar-refractivity contribution < 1.29 is 0 Å². The van der Waals surface area contributed by atoms with E-state index in [4.69, 9.17) is 0 Å². The largest absolute Gasteiger partial charge is 0.341 e. The number of aromatic nitrogens is 1. The Bertz CT molecular complexity index is 1490. The topological polar surface area (TPSA) is 11.4 Å². The van der Waals surface area contributed by atoms with Crippen LogP contribution in [0.15, 0.2) is 91.0 Å². The van der Waals surface area contributed by atoms with Gasteiger partial charge in [0.25, 0.3) is 0 Å². The number of nitrogens with zero attached hydrogens (tertiary/aromatic N) is 3. The van der Waals surface area contributed by atoms with Crippen molar-refractivity contribution in [3.63, 3.8) is 0 Å². The van der Waals surface area contributed by atoms with Gasteiger partial charge in [-0.25, -0.2) is 0 Å². The summed E-state index contributed by atoms with van der Waals surface area (Å²) < 4.78 is 2.44. The SMILES string of the molecule is CCn1c2ccccc2c2cc(CN3CCN(C4c5ccccc5-c5ccccc54)CC3)ccc21. The second kappa shape index (κ2) is 8.37. The molecule has 0 saturated carbocycles. The van der Waals surface area contributed by atoms with Crippen LogP contribution in [0.25, 0.3) is 32.9 Å². The first-order valence-electron chi connectivity index (χ1n) is 13.0. The summed E-state index contributed by atoms with van der Waals surface area (Å²) in [6.07, 6.45) is 0. The Hall–Kier alpha value is -3.40. The van der Waals surface area contributed by atoms with Crippen LogP contribution in [-0.2, 0) is 13.1 Å². The van der Waals surface area contributed by atoms with Crippen molar-refractivity contribution >= 4 is 21.8 Å². The smallest absolute Gasteiger partial charge is 0.0614 e. The molecule has 174 valence electrons. The van der Waals surface area contributed by atoms with Crippen molar-refractivity contribution in [1.82, 2.24) is 14.4 Å². The molecule has 1 aliphatic heterocycles. The molecule has 0 bridgehead atoms. The first-order chi connectivity index (χ1) is 17.3. The number of hydrogen-bond acceptors (Lipinski definition) is 2. The van der Waals surface area contributed by atoms with Crippen LogP contribution in [0.3, 0.4) is 0 Å². The van der Waals surface area contributed by atoms with E-state index in [0.717, 1.165) is 39.3 Å². The van der Waals surface area contributed by atoms with Crippen molar-refractivity contribution in [2.75, 3.05) is 26.2 Å². The third-order valence-corrected chi connectivity index (χ3v) is 8.13. The molecule has 3 nitrogen and oxygen atoms in total. The molecule has 4 aromatic carbocycles. The van der Waals surface area contributed by atoms with Gasteiger partial charge in [-0.3, -0.25) is 9.80 Å². The summed E-state index contributed by atoms with van der Waals surface area (Å²) in [5.41, 5.74) is 9.88. The zero-order valence-corrected chi connectivity index (χ0v) is 20.3. The summed E-state index contributed by atoms with van der Waals surface area (Å²) >= 11 is 0. The predicted molar refractivity (Wildman–Crippen MR) is 146 cm³/mol. The zero-order chi connectivity index (χ0) is 23.4. The first kappa shape index (κ1) is 20.9. The maximum Gasteiger partial charge on any atom is 0.0614 e. The quantitative estimate of drug-likeness (QED) is 0.297. The van der Waals surface area contributed by atoms with E-state index in [-0.39, 0.29) is 0 Å². The lowest BCUT2D eigenvalue weighted by Crippen LogP contribution is -2.47. The average molecular weight is 458 g/mol. The maximum absolute atomic E-state index is 2.69. The van der Waals surface area contributed by atoms with E-state index in [2.05, 4.69) is 112 Å². The van der Waals surface area contributed by atoms with E-state index in [1.807, 2.05) is 0 Å². The monoisotopic (exact) mass is 457 g/mol. The Balaban J connectivity index is 1.11. The molecule has 1 aromatic heterocycles. The number of benzene rings is 4. The minimum Gasteiger partial charge on any atom is -0.341 e. The number of rotatable bonds is 4. The number of aryl methyl sites for hydroxylation is 1. The van der Waals surface area contributed by atoms with Crippen LogP contribution in [0.2, 0.25) is 0 Å². The van der Waals surface area contributed by atoms with E-state index in [0.29, 0.717) is 6.04 Å². The normalized spacial score (nSPS) is 16.7. The number of piperazine rings is 1. The van der Waals surface area contributed by atoms with E-state index < -0.39 is 0 Å². The summed E-state index contributed by atoms with van der Waals surface area (Å²) in [5.74, 6) is 0. The average Bonchev–Trinajstić information content (AvgIpc) is 3.42. The maximum atomic E-state index is 2.69. The molecule has 2 aliphatic rings. The Morgan fingerprint density at radius 2 is 1.29 bits per heavy atom. The highest BCUT2D eigenvalue weighted by Gasteiger charge is 2.34. The molecule has 0 amide bonds. The standard InChI is InChI=1S/C32H31N3/c1-2-35-30-14-8-7-11-26(30)29-21-23(15-16-31(29)35)22-33-17-19-34(20-18-33)32-27-12-5-3-9-24(27)25-10-4-6-13-28(25)32/h3-16,21,32H,2,17-20,22H2,1H3. The fourth-order valence-corrected chi connectivity index (χ4v) is 6.50. The molecule has 0 spiro atoms. The van der Waals surface area contributed by atoms with E-state index in [9.17, 15) is 0 Å². The molecule has 0 unspecified atom stereocenters. The van der Waals surface area contributed by atoms with Gasteiger partial charge in [-0.05, 0) is 52.9 Å². The van der Waals surface area contributed by atoms with Gasteiger partial charge in [-0.2, -0.15) is 0 Å². The molecule has 1 aliphatic carbocycles. The lowest BCUT2D eigenvalue weighted by atomic mass is 10.0. The molecular weight excluding hydrogens is 426 g/mol. The highest BCUT2D eigenvalue weighted by Crippen LogP contribution is 2.46. The van der Waals surface area contributed by atoms with Crippen LogP contribution in [0, 0.1) is 0 Å². The van der Waals surface area contributed by atoms with E-state index in [1.165, 1.54) is 49.6 Å². The fraction of sp³-hybridized carbons (Fsp3) is 0.250. The molecule has 0 radical (unpaired) electrons. The van der Waals surface area contributed by atoms with Crippen LogP contribution < -0.4 is 0 Å². The molecule has 5 aromatic rings. The number of fused-ring (bicyclic) bond motifs is 6. The van der Waals surface area contributed by atoms with Gasteiger partial charge < -0.3 is 4.57 Å². The molecule has 1 fully saturated rings. The lowest BCUT2D eigenvalue weighted by molar-refractivity contribution is 0.106. The second-order valence-electron chi connectivity index (χ2n) is 10.0. The molecular formula is C32H31N3. The summed E-state index contributed by atoms with van der Waals surface area (Å²) in [4.78, 5) is 5.32. The van der Waals surface area contributed by atoms with Crippen LogP contribution in [0.5, 0.6) is 0 Å². The minimum atomic E-state index is 0.390. The van der Waals surface area contributed by atoms with E-state index in [1.54, 1.807) is 0 Å². The Morgan fingerprint density at radius 3 is 2.00 bits per heavy atom. The van der Waals surface area contributed by atoms with Crippen LogP contribution >= 0.6 is 0 Å². The van der Waals surface area contributed by atoms with Gasteiger partial charge in [0.1, 0.15) is 0 Å². The fourth-order valence-electron chi connectivity index (χ4n) is 6.50. The molecule has 0 N–H and O–H groups in total. The van der Waals surface area contributed by atoms with E-state index >= 15 is 0 Å². The van der Waals surface area contributed by atoms with Crippen molar-refractivity contribution in [2.24, 2.45) is 0 Å². The highest BCUT2D eigenvalue weighted by atomic mass is 15.3. The van der Waals surface area contributed by atoms with Gasteiger partial charge in [0, 0.05) is 61.1 Å². The summed E-state index contributed by atoms with van der Waals surface area (Å²) in [6, 6.07) is 34.3. The summed E-state index contributed by atoms with van der Waals surface area (Å²) in [7, 11) is 0. The number of para-hydroxylation sites is 1. The van der Waals surface area contributed by atoms with Gasteiger partial charge in [0.2, 0.25) is 0 Å². The third-order valence-electron chi connectivity index (χ3n) is 8.13. The zero-order valence-electron chi connectivity index (χ0n) is 20.3. The van der Waals surface area contributed by atoms with Gasteiger partial charge in [-0.15, -0.1) is 0 Å². The summed E-state index contributed by atoms with van der Waals surface area (Å²) in [6.45, 7) is 8.67. The summed E-state index contributed by atoms with van der Waals surface area (Å²) in [5, 5.41) is 2.76. The van der Waals surface area contributed by atoms with Crippen LogP contribution in [0.1, 0.15) is 29.7 Å². The van der Waals surface area contributed by atoms with Gasteiger partial charge in [0.05, 0.1) is 6.04 Å². The minimum absolute atomic E-state index is 0.390. The third kappa shape index (κ3) is 3.34. The van der Waals surface area contributed by atoms with Crippen LogP contribution in [-0.4, -0.2) is 40.5 Å². The van der Waals surface area contributed by atoms with Crippen molar-refractivity contribution in [3.05, 3.63) is 108 Å². The molecule has 2 heterocycles. The Morgan fingerprint density at radius 1 is 0.657 bits per heavy atom. The van der Waals surface area contributed by atoms with Crippen molar-refractivity contribution in [3.8, 4) is 11.1 Å². The molecule has 0 atom stereocenters. The van der Waals surface area contributed by atoms with Crippen molar-refractivity contribution in [2.45, 2.75) is 26.1 Å². The molecule has 35 heavy (non-hydrogen) atoms. The van der Waals surface area contributed by atoms with Gasteiger partial charge in [0.15, 0.2) is 0 Å². The van der Waals surface area contributed by atoms with Gasteiger partial charge >= 0.3 is 0 Å². The number of hydrogen-bond donors (Lipinski definition) is 0. The molecule has 3 heteroatoms. The Labute approximate surface area is 207 Å². The lowest BCUT2D eigenvalue weighted by Gasteiger charge is -2.38. The molecule has 7 rings (SSSR count). The molecule has 1 saturated heterocycles. The second-order valence-corrected chi connectivity index (χ2v) is 10.0. The first-order valence-corrected chi connectivity index (χ1v) is 13.0. The van der Waals surface area contributed by atoms with Crippen molar-refractivity contribution in [1.29, 1.82) is 0 Å². The predicted octanol–water partition coefficient (Wildman–Crippen LogP) is 6.70. The Kier molecular flexibility index (Phi) is 5.00. The van der Waals surface area contributed by atoms with Gasteiger partial charge in [-0.1, -0.05) is 72.8 Å². The van der Waals surface area contributed by atoms with Crippen LogP contribution in [0.4, 0.5) is 0 Å². The highest BCUT2D eigenvalue weighted by molar-refractivity contribution is 6.08.